The van der Waals surface area contributed by atoms with Crippen molar-refractivity contribution in [1.29, 1.82) is 0 Å². The molecule has 1 fully saturated rings. The first-order valence-electron chi connectivity index (χ1n) is 4.33. The van der Waals surface area contributed by atoms with Crippen LogP contribution in [0.1, 0.15) is 6.92 Å². The maximum Gasteiger partial charge on any atom is 0.234 e. The number of nitrogens with zero attached hydrogens (tertiary/aromatic N) is 1. The third-order valence-electron chi connectivity index (χ3n) is 2.03. The van der Waals surface area contributed by atoms with Crippen LogP contribution in [0.4, 0.5) is 0 Å². The average molecular weight is 185 g/mol. The second-order valence-electron chi connectivity index (χ2n) is 3.22. The fraction of sp³-hybridized carbons (Fsp3) is 0.750. The van der Waals surface area contributed by atoms with Gasteiger partial charge < -0.3 is 15.5 Å². The van der Waals surface area contributed by atoms with Gasteiger partial charge in [-0.15, -0.1) is 0 Å². The summed E-state index contributed by atoms with van der Waals surface area (Å²) in [5.74, 6) is 0.0508. The molecule has 0 aromatic rings. The summed E-state index contributed by atoms with van der Waals surface area (Å²) in [6.07, 6.45) is 0. The van der Waals surface area contributed by atoms with Crippen molar-refractivity contribution in [3.05, 3.63) is 0 Å². The Kier molecular flexibility index (Phi) is 3.25. The minimum atomic E-state index is -0.0179. The van der Waals surface area contributed by atoms with Gasteiger partial charge in [-0.25, -0.2) is 0 Å². The van der Waals surface area contributed by atoms with Crippen molar-refractivity contribution in [1.82, 2.24) is 15.5 Å². The maximum atomic E-state index is 11.0. The van der Waals surface area contributed by atoms with Crippen LogP contribution in [0.25, 0.3) is 0 Å². The highest BCUT2D eigenvalue weighted by Crippen LogP contribution is 2.06. The summed E-state index contributed by atoms with van der Waals surface area (Å²) < 4.78 is 0. The number of hydrogen-bond donors (Lipinski definition) is 2. The Bertz CT molecular complexity index is 211. The fourth-order valence-corrected chi connectivity index (χ4v) is 1.27. The molecule has 0 bridgehead atoms. The highest BCUT2D eigenvalue weighted by atomic mass is 16.2. The van der Waals surface area contributed by atoms with E-state index in [1.54, 1.807) is 11.9 Å². The third kappa shape index (κ3) is 2.69. The zero-order chi connectivity index (χ0) is 9.84. The van der Waals surface area contributed by atoms with Crippen molar-refractivity contribution in [2.24, 2.45) is 0 Å². The van der Waals surface area contributed by atoms with Crippen LogP contribution in [0.2, 0.25) is 0 Å². The normalized spacial score (nSPS) is 16.6. The van der Waals surface area contributed by atoms with Gasteiger partial charge in [-0.3, -0.25) is 9.59 Å². The van der Waals surface area contributed by atoms with Gasteiger partial charge in [-0.2, -0.15) is 0 Å². The first kappa shape index (κ1) is 9.98. The first-order valence-corrected chi connectivity index (χ1v) is 4.33. The minimum absolute atomic E-state index is 0.0179. The van der Waals surface area contributed by atoms with Crippen molar-refractivity contribution < 1.29 is 9.59 Å². The Balaban J connectivity index is 2.14. The number of carbonyl (C=O) groups is 2. The standard InChI is InChI=1S/C8H15N3O2/c1-6(12)11-4-7(5-11)10-8(13)3-9-2/h7,9H,3-5H2,1-2H3,(H,10,13). The molecule has 13 heavy (non-hydrogen) atoms. The van der Waals surface area contributed by atoms with Crippen molar-refractivity contribution in [2.45, 2.75) is 13.0 Å². The maximum absolute atomic E-state index is 11.0. The first-order chi connectivity index (χ1) is 6.13. The lowest BCUT2D eigenvalue weighted by molar-refractivity contribution is -0.135. The molecule has 5 nitrogen and oxygen atoms in total. The summed E-state index contributed by atoms with van der Waals surface area (Å²) in [7, 11) is 1.72. The summed E-state index contributed by atoms with van der Waals surface area (Å²) in [5, 5.41) is 5.57. The second kappa shape index (κ2) is 4.23. The van der Waals surface area contributed by atoms with Gasteiger partial charge in [0.2, 0.25) is 11.8 Å². The van der Waals surface area contributed by atoms with Crippen molar-refractivity contribution in [3.8, 4) is 0 Å². The number of likely N-dealkylation sites (N-methyl/N-ethyl adjacent to an activating group) is 1. The predicted molar refractivity (Wildman–Crippen MR) is 48.1 cm³/mol. The Morgan fingerprint density at radius 1 is 1.46 bits per heavy atom. The van der Waals surface area contributed by atoms with Crippen LogP contribution >= 0.6 is 0 Å². The van der Waals surface area contributed by atoms with Crippen LogP contribution in [0.5, 0.6) is 0 Å². The zero-order valence-electron chi connectivity index (χ0n) is 7.96. The Labute approximate surface area is 77.5 Å². The Morgan fingerprint density at radius 2 is 2.08 bits per heavy atom. The predicted octanol–water partition coefficient (Wildman–Crippen LogP) is -1.45. The number of nitrogens with one attached hydrogen (secondary N) is 2. The zero-order valence-corrected chi connectivity index (χ0v) is 7.96. The lowest BCUT2D eigenvalue weighted by atomic mass is 10.1. The van der Waals surface area contributed by atoms with Crippen molar-refractivity contribution in [2.75, 3.05) is 26.7 Å². The summed E-state index contributed by atoms with van der Waals surface area (Å²) in [6, 6.07) is 0.143. The van der Waals surface area contributed by atoms with Gasteiger partial charge in [0, 0.05) is 20.0 Å². The van der Waals surface area contributed by atoms with Gasteiger partial charge in [0.1, 0.15) is 0 Å². The topological polar surface area (TPSA) is 61.4 Å². The van der Waals surface area contributed by atoms with Gasteiger partial charge in [-0.1, -0.05) is 0 Å². The largest absolute Gasteiger partial charge is 0.349 e. The molecular weight excluding hydrogens is 170 g/mol. The van der Waals surface area contributed by atoms with Gasteiger partial charge in [0.25, 0.3) is 0 Å². The monoisotopic (exact) mass is 185 g/mol. The third-order valence-corrected chi connectivity index (χ3v) is 2.03. The van der Waals surface area contributed by atoms with E-state index in [-0.39, 0.29) is 17.9 Å². The van der Waals surface area contributed by atoms with E-state index < -0.39 is 0 Å². The molecule has 1 aliphatic rings. The van der Waals surface area contributed by atoms with Crippen LogP contribution in [0, 0.1) is 0 Å². The molecule has 2 amide bonds. The average Bonchev–Trinajstić information content (AvgIpc) is 1.95. The number of amides is 2. The van der Waals surface area contributed by atoms with Crippen molar-refractivity contribution >= 4 is 11.8 Å². The summed E-state index contributed by atoms with van der Waals surface area (Å²) in [5.41, 5.74) is 0. The van der Waals surface area contributed by atoms with E-state index in [4.69, 9.17) is 0 Å². The quantitative estimate of drug-likeness (QED) is 0.565. The summed E-state index contributed by atoms with van der Waals surface area (Å²) in [4.78, 5) is 23.5. The number of carbonyl (C=O) groups excluding carboxylic acids is 2. The van der Waals surface area contributed by atoms with E-state index in [0.717, 1.165) is 0 Å². The van der Waals surface area contributed by atoms with Crippen LogP contribution in [-0.4, -0.2) is 49.4 Å². The molecule has 0 unspecified atom stereocenters. The highest BCUT2D eigenvalue weighted by Gasteiger charge is 2.29. The molecule has 0 aliphatic carbocycles. The lowest BCUT2D eigenvalue weighted by Crippen LogP contribution is -2.61. The van der Waals surface area contributed by atoms with Gasteiger partial charge in [0.05, 0.1) is 12.6 Å². The molecular formula is C8H15N3O2. The van der Waals surface area contributed by atoms with Crippen LogP contribution in [-0.2, 0) is 9.59 Å². The van der Waals surface area contributed by atoms with Crippen molar-refractivity contribution in [3.63, 3.8) is 0 Å². The fourth-order valence-electron chi connectivity index (χ4n) is 1.27. The molecule has 0 aromatic carbocycles. The molecule has 1 heterocycles. The number of hydrogen-bond acceptors (Lipinski definition) is 3. The molecule has 0 radical (unpaired) electrons. The molecule has 74 valence electrons. The number of rotatable bonds is 3. The molecule has 5 heteroatoms. The number of likely N-dealkylation sites (tertiary alicyclic amines) is 1. The van der Waals surface area contributed by atoms with Gasteiger partial charge in [-0.05, 0) is 7.05 Å². The van der Waals surface area contributed by atoms with Gasteiger partial charge in [0.15, 0.2) is 0 Å². The van der Waals surface area contributed by atoms with Crippen LogP contribution < -0.4 is 10.6 Å². The molecule has 0 spiro atoms. The summed E-state index contributed by atoms with van der Waals surface area (Å²) in [6.45, 7) is 3.15. The Hall–Kier alpha value is -1.10. The minimum Gasteiger partial charge on any atom is -0.349 e. The van der Waals surface area contributed by atoms with E-state index in [2.05, 4.69) is 10.6 Å². The molecule has 2 N–H and O–H groups in total. The molecule has 0 aromatic heterocycles. The summed E-state index contributed by atoms with van der Waals surface area (Å²) >= 11 is 0. The van der Waals surface area contributed by atoms with Crippen LogP contribution in [0.3, 0.4) is 0 Å². The molecule has 1 saturated heterocycles. The van der Waals surface area contributed by atoms with E-state index in [9.17, 15) is 9.59 Å². The SMILES string of the molecule is CNCC(=O)NC1CN(C(C)=O)C1. The smallest absolute Gasteiger partial charge is 0.234 e. The molecule has 0 saturated carbocycles. The van der Waals surface area contributed by atoms with Gasteiger partial charge >= 0.3 is 0 Å². The van der Waals surface area contributed by atoms with E-state index in [0.29, 0.717) is 19.6 Å². The van der Waals surface area contributed by atoms with E-state index in [1.165, 1.54) is 6.92 Å². The lowest BCUT2D eigenvalue weighted by Gasteiger charge is -2.38. The van der Waals surface area contributed by atoms with E-state index >= 15 is 0 Å². The molecule has 1 rings (SSSR count). The second-order valence-corrected chi connectivity index (χ2v) is 3.22. The Morgan fingerprint density at radius 3 is 2.54 bits per heavy atom. The molecule has 1 aliphatic heterocycles. The van der Waals surface area contributed by atoms with E-state index in [1.807, 2.05) is 0 Å². The highest BCUT2D eigenvalue weighted by molar-refractivity contribution is 5.79. The molecule has 0 atom stereocenters. The van der Waals surface area contributed by atoms with Crippen LogP contribution in [0.15, 0.2) is 0 Å².